The van der Waals surface area contributed by atoms with E-state index in [1.807, 2.05) is 9.80 Å². The molecule has 0 bridgehead atoms. The highest BCUT2D eigenvalue weighted by Gasteiger charge is 2.41. The second-order valence-electron chi connectivity index (χ2n) is 6.37. The monoisotopic (exact) mass is 279 g/mol. The first-order valence-electron chi connectivity index (χ1n) is 7.99. The molecular formula is C15H25N3O2. The average Bonchev–Trinajstić information content (AvgIpc) is 2.92. The maximum absolute atomic E-state index is 12.6. The number of amides is 2. The Morgan fingerprint density at radius 3 is 2.75 bits per heavy atom. The number of rotatable bonds is 3. The molecule has 0 spiro atoms. The zero-order chi connectivity index (χ0) is 14.1. The number of carbonyl (C=O) groups is 2. The van der Waals surface area contributed by atoms with E-state index in [0.29, 0.717) is 12.5 Å². The van der Waals surface area contributed by atoms with Crippen LogP contribution in [-0.4, -0.2) is 71.8 Å². The Hall–Kier alpha value is -1.10. The van der Waals surface area contributed by atoms with E-state index in [-0.39, 0.29) is 17.9 Å². The van der Waals surface area contributed by atoms with Crippen LogP contribution in [0.15, 0.2) is 0 Å². The van der Waals surface area contributed by atoms with Gasteiger partial charge in [-0.3, -0.25) is 9.59 Å². The normalized spacial score (nSPS) is 31.9. The average molecular weight is 279 g/mol. The first-order valence-corrected chi connectivity index (χ1v) is 7.99. The minimum atomic E-state index is -0.159. The summed E-state index contributed by atoms with van der Waals surface area (Å²) in [5.41, 5.74) is 0. The van der Waals surface area contributed by atoms with Crippen LogP contribution in [0.2, 0.25) is 0 Å². The van der Waals surface area contributed by atoms with Crippen LogP contribution < -0.4 is 0 Å². The number of hydrogen-bond acceptors (Lipinski definition) is 3. The van der Waals surface area contributed by atoms with E-state index in [9.17, 15) is 9.59 Å². The van der Waals surface area contributed by atoms with E-state index in [1.165, 1.54) is 0 Å². The van der Waals surface area contributed by atoms with E-state index in [1.54, 1.807) is 0 Å². The summed E-state index contributed by atoms with van der Waals surface area (Å²) in [7, 11) is 0. The summed E-state index contributed by atoms with van der Waals surface area (Å²) in [5, 5.41) is 0. The lowest BCUT2D eigenvalue weighted by molar-refractivity contribution is -0.158. The lowest BCUT2D eigenvalue weighted by Crippen LogP contribution is -2.61. The number of hydrogen-bond donors (Lipinski definition) is 0. The number of nitrogens with zero attached hydrogens (tertiary/aromatic N) is 3. The van der Waals surface area contributed by atoms with Crippen molar-refractivity contribution in [1.29, 1.82) is 0 Å². The Bertz CT molecular complexity index is 399. The molecule has 5 heteroatoms. The number of fused-ring (bicyclic) bond motifs is 1. The SMILES string of the molecule is CCN1CCC(CN2CC(=O)N3CCCCC3C2=O)C1. The number of likely N-dealkylation sites (tertiary alicyclic amines) is 1. The topological polar surface area (TPSA) is 43.9 Å². The van der Waals surface area contributed by atoms with Crippen LogP contribution in [0.5, 0.6) is 0 Å². The summed E-state index contributed by atoms with van der Waals surface area (Å²) < 4.78 is 0. The van der Waals surface area contributed by atoms with Crippen LogP contribution in [0.4, 0.5) is 0 Å². The summed E-state index contributed by atoms with van der Waals surface area (Å²) in [6, 6.07) is -0.159. The Kier molecular flexibility index (Phi) is 3.96. The number of carbonyl (C=O) groups excluding carboxylic acids is 2. The minimum Gasteiger partial charge on any atom is -0.331 e. The van der Waals surface area contributed by atoms with Gasteiger partial charge in [-0.25, -0.2) is 0 Å². The summed E-state index contributed by atoms with van der Waals surface area (Å²) in [6.45, 7) is 7.31. The highest BCUT2D eigenvalue weighted by Crippen LogP contribution is 2.25. The van der Waals surface area contributed by atoms with E-state index < -0.39 is 0 Å². The highest BCUT2D eigenvalue weighted by atomic mass is 16.2. The van der Waals surface area contributed by atoms with Crippen molar-refractivity contribution in [1.82, 2.24) is 14.7 Å². The molecule has 3 rings (SSSR count). The van der Waals surface area contributed by atoms with Gasteiger partial charge in [0.2, 0.25) is 11.8 Å². The van der Waals surface area contributed by atoms with Gasteiger partial charge >= 0.3 is 0 Å². The van der Waals surface area contributed by atoms with Crippen molar-refractivity contribution >= 4 is 11.8 Å². The zero-order valence-corrected chi connectivity index (χ0v) is 12.4. The fourth-order valence-electron chi connectivity index (χ4n) is 3.84. The van der Waals surface area contributed by atoms with Crippen molar-refractivity contribution in [3.05, 3.63) is 0 Å². The predicted molar refractivity (Wildman–Crippen MR) is 76.2 cm³/mol. The third-order valence-corrected chi connectivity index (χ3v) is 5.04. The van der Waals surface area contributed by atoms with Gasteiger partial charge in [0.1, 0.15) is 6.04 Å². The Balaban J connectivity index is 1.62. The van der Waals surface area contributed by atoms with Crippen molar-refractivity contribution < 1.29 is 9.59 Å². The summed E-state index contributed by atoms with van der Waals surface area (Å²) in [6.07, 6.45) is 4.12. The molecule has 3 saturated heterocycles. The van der Waals surface area contributed by atoms with Crippen LogP contribution in [-0.2, 0) is 9.59 Å². The van der Waals surface area contributed by atoms with Crippen LogP contribution in [0, 0.1) is 5.92 Å². The fourth-order valence-corrected chi connectivity index (χ4v) is 3.84. The molecule has 112 valence electrons. The van der Waals surface area contributed by atoms with Crippen molar-refractivity contribution in [2.75, 3.05) is 39.3 Å². The van der Waals surface area contributed by atoms with Gasteiger partial charge in [-0.15, -0.1) is 0 Å². The summed E-state index contributed by atoms with van der Waals surface area (Å²) in [4.78, 5) is 30.8. The summed E-state index contributed by atoms with van der Waals surface area (Å²) in [5.74, 6) is 0.890. The van der Waals surface area contributed by atoms with Crippen molar-refractivity contribution in [2.24, 2.45) is 5.92 Å². The van der Waals surface area contributed by atoms with E-state index in [2.05, 4.69) is 11.8 Å². The maximum Gasteiger partial charge on any atom is 0.245 e. The quantitative estimate of drug-likeness (QED) is 0.758. The van der Waals surface area contributed by atoms with Gasteiger partial charge in [0.15, 0.2) is 0 Å². The van der Waals surface area contributed by atoms with Crippen molar-refractivity contribution in [3.8, 4) is 0 Å². The van der Waals surface area contributed by atoms with E-state index in [0.717, 1.165) is 58.4 Å². The first-order chi connectivity index (χ1) is 9.69. The van der Waals surface area contributed by atoms with E-state index >= 15 is 0 Å². The van der Waals surface area contributed by atoms with Gasteiger partial charge in [-0.1, -0.05) is 6.92 Å². The minimum absolute atomic E-state index is 0.152. The maximum atomic E-state index is 12.6. The molecule has 2 amide bonds. The molecule has 0 aromatic heterocycles. The van der Waals surface area contributed by atoms with Crippen LogP contribution >= 0.6 is 0 Å². The predicted octanol–water partition coefficient (Wildman–Crippen LogP) is 0.552. The zero-order valence-electron chi connectivity index (χ0n) is 12.4. The molecule has 0 aromatic rings. The summed E-state index contributed by atoms with van der Waals surface area (Å²) >= 11 is 0. The standard InChI is InChI=1S/C15H25N3O2/c1-2-16-8-6-12(9-16)10-17-11-14(19)18-7-4-3-5-13(18)15(17)20/h12-13H,2-11H2,1H3. The lowest BCUT2D eigenvalue weighted by Gasteiger charge is -2.43. The molecule has 2 atom stereocenters. The highest BCUT2D eigenvalue weighted by molar-refractivity contribution is 5.95. The van der Waals surface area contributed by atoms with E-state index in [4.69, 9.17) is 0 Å². The second-order valence-corrected chi connectivity index (χ2v) is 6.37. The number of piperidine rings is 1. The third-order valence-electron chi connectivity index (χ3n) is 5.04. The van der Waals surface area contributed by atoms with Gasteiger partial charge in [-0.05, 0) is 44.7 Å². The Labute approximate surface area is 120 Å². The molecule has 0 N–H and O–H groups in total. The molecule has 0 aliphatic carbocycles. The van der Waals surface area contributed by atoms with Gasteiger partial charge < -0.3 is 14.7 Å². The molecule has 0 radical (unpaired) electrons. The van der Waals surface area contributed by atoms with Gasteiger partial charge in [-0.2, -0.15) is 0 Å². The van der Waals surface area contributed by atoms with Gasteiger partial charge in [0, 0.05) is 19.6 Å². The molecule has 0 saturated carbocycles. The first kappa shape index (κ1) is 13.9. The van der Waals surface area contributed by atoms with Crippen LogP contribution in [0.25, 0.3) is 0 Å². The molecule has 3 aliphatic heterocycles. The lowest BCUT2D eigenvalue weighted by atomic mass is 9.97. The molecule has 0 aromatic carbocycles. The molecule has 20 heavy (non-hydrogen) atoms. The Morgan fingerprint density at radius 1 is 1.15 bits per heavy atom. The van der Waals surface area contributed by atoms with Gasteiger partial charge in [0.05, 0.1) is 6.54 Å². The second kappa shape index (κ2) is 5.72. The molecule has 2 unspecified atom stereocenters. The van der Waals surface area contributed by atoms with Crippen molar-refractivity contribution in [2.45, 2.75) is 38.6 Å². The smallest absolute Gasteiger partial charge is 0.245 e. The molecule has 3 fully saturated rings. The largest absolute Gasteiger partial charge is 0.331 e. The Morgan fingerprint density at radius 2 is 2.00 bits per heavy atom. The van der Waals surface area contributed by atoms with Crippen LogP contribution in [0.3, 0.4) is 0 Å². The molecule has 3 heterocycles. The molecule has 5 nitrogen and oxygen atoms in total. The molecular weight excluding hydrogens is 254 g/mol. The fraction of sp³-hybridized carbons (Fsp3) is 0.867. The van der Waals surface area contributed by atoms with Crippen LogP contribution in [0.1, 0.15) is 32.6 Å². The number of piperazine rings is 1. The van der Waals surface area contributed by atoms with Crippen molar-refractivity contribution in [3.63, 3.8) is 0 Å². The van der Waals surface area contributed by atoms with Gasteiger partial charge in [0.25, 0.3) is 0 Å². The third kappa shape index (κ3) is 2.55. The molecule has 3 aliphatic rings.